The van der Waals surface area contributed by atoms with Crippen molar-refractivity contribution in [2.45, 2.75) is 31.5 Å². The van der Waals surface area contributed by atoms with E-state index in [1.54, 1.807) is 11.8 Å². The minimum Gasteiger partial charge on any atom is -0.396 e. The Kier molecular flexibility index (Phi) is 4.48. The zero-order valence-electron chi connectivity index (χ0n) is 11.1. The molecule has 18 heavy (non-hydrogen) atoms. The van der Waals surface area contributed by atoms with E-state index in [0.717, 1.165) is 22.8 Å². The van der Waals surface area contributed by atoms with E-state index in [9.17, 15) is 0 Å². The van der Waals surface area contributed by atoms with Crippen LogP contribution in [0.5, 0.6) is 0 Å². The molecule has 0 amide bonds. The Labute approximate surface area is 112 Å². The molecule has 100 valence electrons. The van der Waals surface area contributed by atoms with Gasteiger partial charge in [-0.1, -0.05) is 0 Å². The number of anilines is 1. The van der Waals surface area contributed by atoms with E-state index < -0.39 is 0 Å². The van der Waals surface area contributed by atoms with Gasteiger partial charge in [-0.2, -0.15) is 0 Å². The molecule has 0 saturated carbocycles. The van der Waals surface area contributed by atoms with E-state index in [4.69, 9.17) is 9.84 Å². The Balaban J connectivity index is 2.11. The molecule has 0 aromatic carbocycles. The number of nitrogens with one attached hydrogen (secondary N) is 1. The highest BCUT2D eigenvalue weighted by atomic mass is 32.2. The molecule has 1 aromatic heterocycles. The summed E-state index contributed by atoms with van der Waals surface area (Å²) >= 11 is 1.64. The van der Waals surface area contributed by atoms with Crippen LogP contribution in [0.4, 0.5) is 5.82 Å². The van der Waals surface area contributed by atoms with Crippen LogP contribution in [0.2, 0.25) is 0 Å². The summed E-state index contributed by atoms with van der Waals surface area (Å²) in [6.45, 7) is 4.96. The molecule has 0 radical (unpaired) electrons. The third-order valence-electron chi connectivity index (χ3n) is 3.35. The van der Waals surface area contributed by atoms with Crippen LogP contribution in [0.25, 0.3) is 0 Å². The quantitative estimate of drug-likeness (QED) is 0.820. The van der Waals surface area contributed by atoms with E-state index in [-0.39, 0.29) is 18.8 Å². The van der Waals surface area contributed by atoms with Crippen LogP contribution in [0.1, 0.15) is 17.5 Å². The smallest absolute Gasteiger partial charge is 0.132 e. The van der Waals surface area contributed by atoms with Gasteiger partial charge in [-0.15, -0.1) is 11.8 Å². The molecule has 1 aliphatic rings. The number of aliphatic hydroxyl groups is 1. The number of ether oxygens (including phenoxy) is 1. The van der Waals surface area contributed by atoms with Gasteiger partial charge >= 0.3 is 0 Å². The fraction of sp³-hybridized carbons (Fsp3) is 0.615. The molecule has 2 atom stereocenters. The van der Waals surface area contributed by atoms with Crippen molar-refractivity contribution in [1.82, 2.24) is 4.98 Å². The van der Waals surface area contributed by atoms with Gasteiger partial charge in [0.1, 0.15) is 12.0 Å². The van der Waals surface area contributed by atoms with Crippen molar-refractivity contribution >= 4 is 17.6 Å². The van der Waals surface area contributed by atoms with E-state index in [2.05, 4.69) is 30.2 Å². The molecular weight excluding hydrogens is 248 g/mol. The number of hydrogen-bond donors (Lipinski definition) is 2. The van der Waals surface area contributed by atoms with Crippen molar-refractivity contribution in [3.63, 3.8) is 0 Å². The predicted octanol–water partition coefficient (Wildman–Crippen LogP) is 2.19. The number of pyridine rings is 1. The molecule has 1 fully saturated rings. The van der Waals surface area contributed by atoms with E-state index in [0.29, 0.717) is 6.61 Å². The number of aromatic nitrogens is 1. The zero-order chi connectivity index (χ0) is 13.1. The topological polar surface area (TPSA) is 54.4 Å². The van der Waals surface area contributed by atoms with Gasteiger partial charge < -0.3 is 15.2 Å². The minimum absolute atomic E-state index is 0.0372. The summed E-state index contributed by atoms with van der Waals surface area (Å²) in [6.07, 6.45) is 2.82. The van der Waals surface area contributed by atoms with Crippen molar-refractivity contribution in [2.75, 3.05) is 24.8 Å². The molecule has 2 heterocycles. The summed E-state index contributed by atoms with van der Waals surface area (Å²) in [5.74, 6) is 1.13. The number of thioether (sulfide) groups is 1. The normalized spacial score (nSPS) is 23.3. The first-order chi connectivity index (χ1) is 8.63. The molecule has 0 bridgehead atoms. The fourth-order valence-electron chi connectivity index (χ4n) is 2.02. The van der Waals surface area contributed by atoms with E-state index in [1.807, 2.05) is 6.26 Å². The van der Waals surface area contributed by atoms with Crippen LogP contribution in [0.15, 0.2) is 11.1 Å². The second-order valence-electron chi connectivity index (χ2n) is 4.71. The number of hydrogen-bond acceptors (Lipinski definition) is 5. The molecule has 2 unspecified atom stereocenters. The number of rotatable bonds is 4. The largest absolute Gasteiger partial charge is 0.396 e. The number of nitrogens with zero attached hydrogens (tertiary/aromatic N) is 1. The van der Waals surface area contributed by atoms with Gasteiger partial charge in [-0.3, -0.25) is 0 Å². The summed E-state index contributed by atoms with van der Waals surface area (Å²) in [4.78, 5) is 4.58. The average Bonchev–Trinajstić information content (AvgIpc) is 2.82. The van der Waals surface area contributed by atoms with Gasteiger partial charge in [-0.25, -0.2) is 4.98 Å². The van der Waals surface area contributed by atoms with Crippen LogP contribution in [-0.2, 0) is 4.74 Å². The predicted molar refractivity (Wildman–Crippen MR) is 74.0 cm³/mol. The van der Waals surface area contributed by atoms with Crippen LogP contribution in [-0.4, -0.2) is 35.8 Å². The third kappa shape index (κ3) is 2.96. The molecule has 4 nitrogen and oxygen atoms in total. The molecule has 5 heteroatoms. The van der Waals surface area contributed by atoms with Gasteiger partial charge in [0.15, 0.2) is 0 Å². The third-order valence-corrected chi connectivity index (χ3v) is 3.98. The summed E-state index contributed by atoms with van der Waals surface area (Å²) in [6, 6.07) is 2.09. The minimum atomic E-state index is -0.0372. The molecular formula is C13H20N2O2S. The van der Waals surface area contributed by atoms with Crippen molar-refractivity contribution < 1.29 is 9.84 Å². The van der Waals surface area contributed by atoms with E-state index >= 15 is 0 Å². The number of aryl methyl sites for hydroxylation is 1. The Morgan fingerprint density at radius 3 is 2.94 bits per heavy atom. The first kappa shape index (κ1) is 13.6. The standard InChI is InChI=1S/C13H20N2O2S/c1-8-4-12(18-3)15-13(9(8)2)14-11-5-10(6-16)7-17-11/h4,10-11,16H,5-7H2,1-3H3,(H,14,15). The maximum atomic E-state index is 9.10. The Morgan fingerprint density at radius 1 is 1.56 bits per heavy atom. The Morgan fingerprint density at radius 2 is 2.33 bits per heavy atom. The highest BCUT2D eigenvalue weighted by Crippen LogP contribution is 2.26. The lowest BCUT2D eigenvalue weighted by atomic mass is 10.1. The molecule has 1 saturated heterocycles. The zero-order valence-corrected chi connectivity index (χ0v) is 11.9. The van der Waals surface area contributed by atoms with Crippen LogP contribution in [0.3, 0.4) is 0 Å². The van der Waals surface area contributed by atoms with Crippen LogP contribution in [0, 0.1) is 19.8 Å². The van der Waals surface area contributed by atoms with Crippen molar-refractivity contribution in [3.8, 4) is 0 Å². The first-order valence-corrected chi connectivity index (χ1v) is 7.37. The molecule has 1 aliphatic heterocycles. The Hall–Kier alpha value is -0.780. The molecule has 2 rings (SSSR count). The molecule has 0 spiro atoms. The van der Waals surface area contributed by atoms with Crippen LogP contribution >= 0.6 is 11.8 Å². The fourth-order valence-corrected chi connectivity index (χ4v) is 2.50. The lowest BCUT2D eigenvalue weighted by Crippen LogP contribution is -2.20. The van der Waals surface area contributed by atoms with Gasteiger partial charge in [0, 0.05) is 12.5 Å². The molecule has 1 aromatic rings. The summed E-state index contributed by atoms with van der Waals surface area (Å²) < 4.78 is 5.61. The van der Waals surface area contributed by atoms with Gasteiger partial charge in [0.2, 0.25) is 0 Å². The summed E-state index contributed by atoms with van der Waals surface area (Å²) in [5.41, 5.74) is 2.39. The van der Waals surface area contributed by atoms with Gasteiger partial charge in [-0.05, 0) is 43.7 Å². The summed E-state index contributed by atoms with van der Waals surface area (Å²) in [7, 11) is 0. The Bertz CT molecular complexity index is 426. The van der Waals surface area contributed by atoms with Crippen molar-refractivity contribution in [2.24, 2.45) is 5.92 Å². The highest BCUT2D eigenvalue weighted by Gasteiger charge is 2.25. The van der Waals surface area contributed by atoms with Gasteiger partial charge in [0.05, 0.1) is 11.6 Å². The second-order valence-corrected chi connectivity index (χ2v) is 5.53. The molecule has 2 N–H and O–H groups in total. The monoisotopic (exact) mass is 268 g/mol. The molecule has 0 aliphatic carbocycles. The van der Waals surface area contributed by atoms with Crippen molar-refractivity contribution in [3.05, 3.63) is 17.2 Å². The SMILES string of the molecule is CSc1cc(C)c(C)c(NC2CC(CO)CO2)n1. The van der Waals surface area contributed by atoms with Crippen LogP contribution < -0.4 is 5.32 Å². The average molecular weight is 268 g/mol. The summed E-state index contributed by atoms with van der Waals surface area (Å²) in [5, 5.41) is 13.4. The lowest BCUT2D eigenvalue weighted by Gasteiger charge is -2.16. The van der Waals surface area contributed by atoms with Gasteiger partial charge in [0.25, 0.3) is 0 Å². The maximum Gasteiger partial charge on any atom is 0.132 e. The lowest BCUT2D eigenvalue weighted by molar-refractivity contribution is 0.117. The van der Waals surface area contributed by atoms with E-state index in [1.165, 1.54) is 5.56 Å². The van der Waals surface area contributed by atoms with Crippen molar-refractivity contribution in [1.29, 1.82) is 0 Å². The second kappa shape index (κ2) is 5.91. The first-order valence-electron chi connectivity index (χ1n) is 6.15. The number of aliphatic hydroxyl groups excluding tert-OH is 1. The highest BCUT2D eigenvalue weighted by molar-refractivity contribution is 7.98. The maximum absolute atomic E-state index is 9.10.